The first-order valence-electron chi connectivity index (χ1n) is 12.2. The van der Waals surface area contributed by atoms with E-state index in [4.69, 9.17) is 9.47 Å². The van der Waals surface area contributed by atoms with E-state index >= 15 is 0 Å². The Kier molecular flexibility index (Phi) is 8.96. The van der Waals surface area contributed by atoms with Crippen LogP contribution in [0.2, 0.25) is 0 Å². The minimum Gasteiger partial charge on any atom is -0.497 e. The number of aryl methyl sites for hydroxylation is 1. The minimum absolute atomic E-state index is 0.0316. The van der Waals surface area contributed by atoms with Crippen LogP contribution in [-0.4, -0.2) is 45.9 Å². The molecule has 4 aromatic rings. The van der Waals surface area contributed by atoms with E-state index in [1.54, 1.807) is 36.5 Å². The van der Waals surface area contributed by atoms with Crippen molar-refractivity contribution in [2.75, 3.05) is 25.1 Å². The molecule has 9 nitrogen and oxygen atoms in total. The summed E-state index contributed by atoms with van der Waals surface area (Å²) in [6.07, 6.45) is 1.54. The molecule has 0 fully saturated rings. The standard InChI is InChI=1S/C29H29BrN4O5S/c1-20-15-22(21(2)34(20)24-10-8-9-23(30)16-24)18-31-32-29(35)19-33(40(36,37)26-11-6-5-7-12-26)27-14-13-25(38-3)17-28(27)39-4/h5-18H,19H2,1-4H3,(H,32,35)/b31-18+. The Morgan fingerprint density at radius 3 is 2.42 bits per heavy atom. The molecule has 0 unspecified atom stereocenters. The van der Waals surface area contributed by atoms with Gasteiger partial charge in [0.1, 0.15) is 18.0 Å². The summed E-state index contributed by atoms with van der Waals surface area (Å²) in [5.74, 6) is 0.0803. The van der Waals surface area contributed by atoms with E-state index < -0.39 is 22.5 Å². The van der Waals surface area contributed by atoms with Crippen molar-refractivity contribution in [3.05, 3.63) is 100 Å². The van der Waals surface area contributed by atoms with Crippen molar-refractivity contribution in [1.29, 1.82) is 0 Å². The van der Waals surface area contributed by atoms with Crippen LogP contribution in [0.25, 0.3) is 5.69 Å². The van der Waals surface area contributed by atoms with E-state index in [2.05, 4.69) is 31.0 Å². The topological polar surface area (TPSA) is 102 Å². The number of benzene rings is 3. The van der Waals surface area contributed by atoms with Gasteiger partial charge in [0.25, 0.3) is 15.9 Å². The average molecular weight is 626 g/mol. The van der Waals surface area contributed by atoms with Crippen LogP contribution in [0, 0.1) is 13.8 Å². The third kappa shape index (κ3) is 6.21. The van der Waals surface area contributed by atoms with Gasteiger partial charge >= 0.3 is 0 Å². The lowest BCUT2D eigenvalue weighted by Crippen LogP contribution is -2.39. The van der Waals surface area contributed by atoms with Crippen molar-refractivity contribution in [1.82, 2.24) is 9.99 Å². The lowest BCUT2D eigenvalue weighted by atomic mass is 10.2. The van der Waals surface area contributed by atoms with Crippen molar-refractivity contribution >= 4 is 43.8 Å². The predicted octanol–water partition coefficient (Wildman–Crippen LogP) is 5.22. The highest BCUT2D eigenvalue weighted by molar-refractivity contribution is 9.10. The van der Waals surface area contributed by atoms with Crippen LogP contribution < -0.4 is 19.2 Å². The summed E-state index contributed by atoms with van der Waals surface area (Å²) >= 11 is 3.51. The summed E-state index contributed by atoms with van der Waals surface area (Å²) in [7, 11) is -1.22. The van der Waals surface area contributed by atoms with Crippen molar-refractivity contribution in [2.24, 2.45) is 5.10 Å². The quantitative estimate of drug-likeness (QED) is 0.192. The lowest BCUT2D eigenvalue weighted by molar-refractivity contribution is -0.119. The van der Waals surface area contributed by atoms with Gasteiger partial charge < -0.3 is 14.0 Å². The zero-order valence-electron chi connectivity index (χ0n) is 22.5. The first-order valence-corrected chi connectivity index (χ1v) is 14.5. The molecular formula is C29H29BrN4O5S. The maximum absolute atomic E-state index is 13.6. The molecular weight excluding hydrogens is 596 g/mol. The first kappa shape index (κ1) is 28.9. The van der Waals surface area contributed by atoms with Gasteiger partial charge in [-0.3, -0.25) is 9.10 Å². The van der Waals surface area contributed by atoms with Gasteiger partial charge in [0, 0.05) is 33.2 Å². The van der Waals surface area contributed by atoms with Gasteiger partial charge in [-0.15, -0.1) is 0 Å². The van der Waals surface area contributed by atoms with Gasteiger partial charge in [0.2, 0.25) is 0 Å². The van der Waals surface area contributed by atoms with Crippen LogP contribution >= 0.6 is 15.9 Å². The van der Waals surface area contributed by atoms with E-state index in [0.29, 0.717) is 5.75 Å². The third-order valence-corrected chi connectivity index (χ3v) is 8.47. The maximum Gasteiger partial charge on any atom is 0.264 e. The van der Waals surface area contributed by atoms with Crippen LogP contribution in [-0.2, 0) is 14.8 Å². The molecule has 0 aliphatic rings. The number of methoxy groups -OCH3 is 2. The number of rotatable bonds is 10. The van der Waals surface area contributed by atoms with Crippen LogP contribution in [0.15, 0.2) is 93.3 Å². The van der Waals surface area contributed by atoms with Gasteiger partial charge in [-0.1, -0.05) is 40.2 Å². The molecule has 1 heterocycles. The number of nitrogens with one attached hydrogen (secondary N) is 1. The highest BCUT2D eigenvalue weighted by atomic mass is 79.9. The van der Waals surface area contributed by atoms with E-state index in [0.717, 1.165) is 31.4 Å². The van der Waals surface area contributed by atoms with Crippen molar-refractivity contribution < 1.29 is 22.7 Å². The lowest BCUT2D eigenvalue weighted by Gasteiger charge is -2.25. The molecule has 0 atom stereocenters. The summed E-state index contributed by atoms with van der Waals surface area (Å²) in [4.78, 5) is 13.1. The Morgan fingerprint density at radius 1 is 1.00 bits per heavy atom. The summed E-state index contributed by atoms with van der Waals surface area (Å²) in [5, 5.41) is 4.12. The average Bonchev–Trinajstić information content (AvgIpc) is 3.24. The van der Waals surface area contributed by atoms with Crippen molar-refractivity contribution in [2.45, 2.75) is 18.7 Å². The molecule has 0 aliphatic heterocycles. The number of hydrazone groups is 1. The van der Waals surface area contributed by atoms with Gasteiger partial charge in [-0.2, -0.15) is 5.10 Å². The monoisotopic (exact) mass is 624 g/mol. The summed E-state index contributed by atoms with van der Waals surface area (Å²) in [5.41, 5.74) is 6.37. The zero-order chi connectivity index (χ0) is 28.9. The number of hydrogen-bond acceptors (Lipinski definition) is 6. The molecule has 0 radical (unpaired) electrons. The second-order valence-corrected chi connectivity index (χ2v) is 11.6. The normalized spacial score (nSPS) is 11.4. The maximum atomic E-state index is 13.6. The van der Waals surface area contributed by atoms with Crippen molar-refractivity contribution in [3.63, 3.8) is 0 Å². The molecule has 208 valence electrons. The van der Waals surface area contributed by atoms with Crippen LogP contribution in [0.3, 0.4) is 0 Å². The Labute approximate surface area is 242 Å². The number of sulfonamides is 1. The number of anilines is 1. The van der Waals surface area contributed by atoms with Crippen LogP contribution in [0.4, 0.5) is 5.69 Å². The zero-order valence-corrected chi connectivity index (χ0v) is 24.9. The molecule has 0 saturated heterocycles. The third-order valence-electron chi connectivity index (χ3n) is 6.20. The highest BCUT2D eigenvalue weighted by Gasteiger charge is 2.29. The number of carbonyl (C=O) groups excluding carboxylic acids is 1. The van der Waals surface area contributed by atoms with Gasteiger partial charge in [0.05, 0.1) is 31.0 Å². The fraction of sp³-hybridized carbons (Fsp3) is 0.172. The molecule has 0 saturated carbocycles. The smallest absolute Gasteiger partial charge is 0.264 e. The fourth-order valence-electron chi connectivity index (χ4n) is 4.28. The molecule has 0 aliphatic carbocycles. The number of nitrogens with zero attached hydrogens (tertiary/aromatic N) is 3. The highest BCUT2D eigenvalue weighted by Crippen LogP contribution is 2.35. The molecule has 0 spiro atoms. The molecule has 40 heavy (non-hydrogen) atoms. The van der Waals surface area contributed by atoms with Gasteiger partial charge in [0.15, 0.2) is 0 Å². The van der Waals surface area contributed by atoms with E-state index in [-0.39, 0.29) is 16.3 Å². The molecule has 1 amide bonds. The van der Waals surface area contributed by atoms with Gasteiger partial charge in [-0.25, -0.2) is 13.8 Å². The molecule has 1 aromatic heterocycles. The Balaban J connectivity index is 1.60. The summed E-state index contributed by atoms with van der Waals surface area (Å²) < 4.78 is 42.0. The Hall–Kier alpha value is -4.09. The second kappa shape index (κ2) is 12.4. The summed E-state index contributed by atoms with van der Waals surface area (Å²) in [6.45, 7) is 3.41. The predicted molar refractivity (Wildman–Crippen MR) is 159 cm³/mol. The van der Waals surface area contributed by atoms with E-state index in [1.807, 2.05) is 44.2 Å². The van der Waals surface area contributed by atoms with Crippen LogP contribution in [0.1, 0.15) is 17.0 Å². The molecule has 3 aromatic carbocycles. The molecule has 4 rings (SSSR count). The van der Waals surface area contributed by atoms with Gasteiger partial charge in [-0.05, 0) is 62.4 Å². The number of halogens is 1. The van der Waals surface area contributed by atoms with Crippen LogP contribution in [0.5, 0.6) is 11.5 Å². The van der Waals surface area contributed by atoms with E-state index in [9.17, 15) is 13.2 Å². The second-order valence-electron chi connectivity index (χ2n) is 8.80. The minimum atomic E-state index is -4.13. The number of hydrogen-bond donors (Lipinski definition) is 1. The molecule has 0 bridgehead atoms. The Morgan fingerprint density at radius 2 is 1.75 bits per heavy atom. The first-order chi connectivity index (χ1) is 19.1. The number of amides is 1. The molecule has 11 heteroatoms. The fourth-order valence-corrected chi connectivity index (χ4v) is 6.12. The Bertz CT molecular complexity index is 1650. The number of ether oxygens (including phenoxy) is 2. The SMILES string of the molecule is COc1ccc(N(CC(=O)N/N=C/c2cc(C)n(-c3cccc(Br)c3)c2C)S(=O)(=O)c2ccccc2)c(OC)c1. The van der Waals surface area contributed by atoms with Crippen molar-refractivity contribution in [3.8, 4) is 17.2 Å². The largest absolute Gasteiger partial charge is 0.497 e. The summed E-state index contributed by atoms with van der Waals surface area (Å²) in [6, 6.07) is 22.5. The number of aromatic nitrogens is 1. The van der Waals surface area contributed by atoms with E-state index in [1.165, 1.54) is 32.4 Å². The molecule has 1 N–H and O–H groups in total. The number of carbonyl (C=O) groups is 1.